The number of fused-ring (bicyclic) bond motifs is 1. The summed E-state index contributed by atoms with van der Waals surface area (Å²) in [6.45, 7) is 5.99. The SMILES string of the molecule is COC(=O)CCC1=CC(O)(C(C)(C)C)CC(n2nc3ccccc3n2)=C1. The molecular weight excluding hydrogens is 330 g/mol. The average molecular weight is 355 g/mol. The standard InChI is InChI=1S/C20H25N3O3/c1-19(2,3)20(25)12-14(9-10-18(24)26-4)11-15(13-20)23-21-16-7-5-6-8-17(16)22-23/h5-8,11-12,25H,9-10,13H2,1-4H3. The van der Waals surface area contributed by atoms with Gasteiger partial charge in [-0.15, -0.1) is 10.2 Å². The fourth-order valence-corrected chi connectivity index (χ4v) is 3.03. The monoisotopic (exact) mass is 355 g/mol. The maximum atomic E-state index is 11.5. The number of carbonyl (C=O) groups is 1. The number of carbonyl (C=O) groups excluding carboxylic acids is 1. The van der Waals surface area contributed by atoms with Gasteiger partial charge in [0.1, 0.15) is 11.0 Å². The van der Waals surface area contributed by atoms with Crippen molar-refractivity contribution in [3.8, 4) is 0 Å². The molecule has 0 bridgehead atoms. The average Bonchev–Trinajstić information content (AvgIpc) is 3.02. The Labute approximate surface area is 153 Å². The lowest BCUT2D eigenvalue weighted by Crippen LogP contribution is -2.43. The third-order valence-corrected chi connectivity index (χ3v) is 4.91. The molecule has 0 saturated carbocycles. The van der Waals surface area contributed by atoms with Gasteiger partial charge in [0.05, 0.1) is 18.4 Å². The summed E-state index contributed by atoms with van der Waals surface area (Å²) in [5.41, 5.74) is 1.87. The lowest BCUT2D eigenvalue weighted by molar-refractivity contribution is -0.140. The third kappa shape index (κ3) is 3.55. The zero-order valence-electron chi connectivity index (χ0n) is 15.7. The van der Waals surface area contributed by atoms with E-state index in [1.165, 1.54) is 7.11 Å². The van der Waals surface area contributed by atoms with Crippen LogP contribution in [0.15, 0.2) is 42.0 Å². The van der Waals surface area contributed by atoms with Crippen molar-refractivity contribution in [1.29, 1.82) is 0 Å². The quantitative estimate of drug-likeness (QED) is 0.851. The second-order valence-corrected chi connectivity index (χ2v) is 7.76. The van der Waals surface area contributed by atoms with E-state index in [1.54, 1.807) is 4.80 Å². The Morgan fingerprint density at radius 2 is 1.88 bits per heavy atom. The number of rotatable bonds is 4. The molecule has 1 aliphatic carbocycles. The molecule has 0 saturated heterocycles. The fourth-order valence-electron chi connectivity index (χ4n) is 3.03. The molecule has 3 rings (SSSR count). The van der Waals surface area contributed by atoms with Crippen molar-refractivity contribution in [3.63, 3.8) is 0 Å². The maximum absolute atomic E-state index is 11.5. The van der Waals surface area contributed by atoms with Crippen LogP contribution in [0.1, 0.15) is 40.0 Å². The molecule has 0 spiro atoms. The van der Waals surface area contributed by atoms with Crippen molar-refractivity contribution in [2.75, 3.05) is 7.11 Å². The van der Waals surface area contributed by atoms with Gasteiger partial charge in [-0.25, -0.2) is 0 Å². The molecule has 1 aromatic carbocycles. The van der Waals surface area contributed by atoms with E-state index in [2.05, 4.69) is 10.2 Å². The Morgan fingerprint density at radius 1 is 1.27 bits per heavy atom. The van der Waals surface area contributed by atoms with Crippen LogP contribution < -0.4 is 0 Å². The van der Waals surface area contributed by atoms with Gasteiger partial charge in [0.2, 0.25) is 0 Å². The van der Waals surface area contributed by atoms with Gasteiger partial charge >= 0.3 is 5.97 Å². The van der Waals surface area contributed by atoms with Crippen LogP contribution in [0, 0.1) is 5.41 Å². The Morgan fingerprint density at radius 3 is 2.42 bits per heavy atom. The summed E-state index contributed by atoms with van der Waals surface area (Å²) in [7, 11) is 1.38. The highest BCUT2D eigenvalue weighted by atomic mass is 16.5. The maximum Gasteiger partial charge on any atom is 0.305 e. The van der Waals surface area contributed by atoms with Crippen LogP contribution in [0.2, 0.25) is 0 Å². The summed E-state index contributed by atoms with van der Waals surface area (Å²) in [6.07, 6.45) is 4.99. The zero-order chi connectivity index (χ0) is 18.9. The molecule has 26 heavy (non-hydrogen) atoms. The minimum Gasteiger partial charge on any atom is -0.469 e. The van der Waals surface area contributed by atoms with E-state index in [0.29, 0.717) is 12.8 Å². The Hall–Kier alpha value is -2.47. The van der Waals surface area contributed by atoms with Gasteiger partial charge in [-0.3, -0.25) is 4.79 Å². The number of hydrogen-bond acceptors (Lipinski definition) is 5. The molecule has 2 aromatic rings. The first-order valence-corrected chi connectivity index (χ1v) is 8.76. The molecule has 0 amide bonds. The highest BCUT2D eigenvalue weighted by Crippen LogP contribution is 2.42. The van der Waals surface area contributed by atoms with Gasteiger partial charge in [-0.1, -0.05) is 32.9 Å². The second kappa shape index (κ2) is 6.68. The molecule has 1 heterocycles. The largest absolute Gasteiger partial charge is 0.469 e. The van der Waals surface area contributed by atoms with Crippen molar-refractivity contribution >= 4 is 22.7 Å². The van der Waals surface area contributed by atoms with E-state index in [4.69, 9.17) is 4.74 Å². The summed E-state index contributed by atoms with van der Waals surface area (Å²) in [4.78, 5) is 13.1. The Bertz CT molecular complexity index is 856. The Kier molecular flexibility index (Phi) is 4.71. The van der Waals surface area contributed by atoms with Crippen LogP contribution in [0.3, 0.4) is 0 Å². The lowest BCUT2D eigenvalue weighted by Gasteiger charge is -2.41. The summed E-state index contributed by atoms with van der Waals surface area (Å²) >= 11 is 0. The molecule has 138 valence electrons. The van der Waals surface area contributed by atoms with Crippen molar-refractivity contribution in [2.45, 2.75) is 45.6 Å². The van der Waals surface area contributed by atoms with Crippen LogP contribution in [0.25, 0.3) is 16.7 Å². The smallest absolute Gasteiger partial charge is 0.305 e. The minimum absolute atomic E-state index is 0.265. The number of methoxy groups -OCH3 is 1. The molecular formula is C20H25N3O3. The number of nitrogens with zero attached hydrogens (tertiary/aromatic N) is 3. The van der Waals surface area contributed by atoms with Crippen molar-refractivity contribution in [3.05, 3.63) is 42.0 Å². The van der Waals surface area contributed by atoms with Crippen molar-refractivity contribution in [2.24, 2.45) is 5.41 Å². The Balaban J connectivity index is 1.99. The molecule has 1 unspecified atom stereocenters. The number of ether oxygens (including phenoxy) is 1. The minimum atomic E-state index is -1.05. The summed E-state index contributed by atoms with van der Waals surface area (Å²) in [5, 5.41) is 20.4. The normalized spacial score (nSPS) is 20.7. The highest BCUT2D eigenvalue weighted by Gasteiger charge is 2.41. The molecule has 1 aromatic heterocycles. The first kappa shape index (κ1) is 18.3. The van der Waals surface area contributed by atoms with E-state index in [0.717, 1.165) is 22.3 Å². The number of hydrogen-bond donors (Lipinski definition) is 1. The third-order valence-electron chi connectivity index (χ3n) is 4.91. The van der Waals surface area contributed by atoms with E-state index in [9.17, 15) is 9.90 Å². The van der Waals surface area contributed by atoms with E-state index >= 15 is 0 Å². The van der Waals surface area contributed by atoms with Crippen LogP contribution >= 0.6 is 0 Å². The van der Waals surface area contributed by atoms with Gasteiger partial charge in [0.25, 0.3) is 0 Å². The van der Waals surface area contributed by atoms with Gasteiger partial charge in [-0.2, -0.15) is 4.80 Å². The highest BCUT2D eigenvalue weighted by molar-refractivity contribution is 5.74. The van der Waals surface area contributed by atoms with Gasteiger partial charge < -0.3 is 9.84 Å². The molecule has 0 aliphatic heterocycles. The molecule has 6 nitrogen and oxygen atoms in total. The lowest BCUT2D eigenvalue weighted by atomic mass is 9.70. The van der Waals surface area contributed by atoms with Crippen LogP contribution in [0.5, 0.6) is 0 Å². The molecule has 0 fully saturated rings. The van der Waals surface area contributed by atoms with Gasteiger partial charge in [0, 0.05) is 12.8 Å². The predicted molar refractivity (Wildman–Crippen MR) is 100 cm³/mol. The first-order valence-electron chi connectivity index (χ1n) is 8.76. The van der Waals surface area contributed by atoms with E-state index < -0.39 is 5.60 Å². The van der Waals surface area contributed by atoms with E-state index in [1.807, 2.05) is 57.2 Å². The van der Waals surface area contributed by atoms with Crippen LogP contribution in [0.4, 0.5) is 0 Å². The number of aliphatic hydroxyl groups is 1. The predicted octanol–water partition coefficient (Wildman–Crippen LogP) is 3.33. The van der Waals surface area contributed by atoms with Crippen LogP contribution in [-0.4, -0.2) is 38.8 Å². The topological polar surface area (TPSA) is 77.2 Å². The van der Waals surface area contributed by atoms with Gasteiger partial charge in [-0.05, 0) is 41.7 Å². The number of aromatic nitrogens is 3. The number of benzene rings is 1. The van der Waals surface area contributed by atoms with E-state index in [-0.39, 0.29) is 17.8 Å². The first-order chi connectivity index (χ1) is 12.2. The molecule has 1 atom stereocenters. The fraction of sp³-hybridized carbons (Fsp3) is 0.450. The number of esters is 1. The van der Waals surface area contributed by atoms with Gasteiger partial charge in [0.15, 0.2) is 0 Å². The molecule has 6 heteroatoms. The molecule has 1 N–H and O–H groups in total. The zero-order valence-corrected chi connectivity index (χ0v) is 15.7. The summed E-state index contributed by atoms with van der Waals surface area (Å²) in [5.74, 6) is -0.270. The molecule has 0 radical (unpaired) electrons. The molecule has 1 aliphatic rings. The summed E-state index contributed by atoms with van der Waals surface area (Å²) in [6, 6.07) is 7.66. The van der Waals surface area contributed by atoms with Crippen LogP contribution in [-0.2, 0) is 9.53 Å². The van der Waals surface area contributed by atoms with Crippen molar-refractivity contribution < 1.29 is 14.6 Å². The van der Waals surface area contributed by atoms with Crippen molar-refractivity contribution in [1.82, 2.24) is 15.0 Å². The second-order valence-electron chi connectivity index (χ2n) is 7.76. The summed E-state index contributed by atoms with van der Waals surface area (Å²) < 4.78 is 4.73. The number of allylic oxidation sites excluding steroid dienone is 2.